The molecular weight excluding hydrogens is 245 g/mol. The zero-order chi connectivity index (χ0) is 10.3. The maximum Gasteiger partial charge on any atom is 0.127 e. The van der Waals surface area contributed by atoms with Crippen LogP contribution in [0.5, 0.6) is 0 Å². The van der Waals surface area contributed by atoms with Gasteiger partial charge in [-0.05, 0) is 24.7 Å². The zero-order valence-electron chi connectivity index (χ0n) is 8.22. The summed E-state index contributed by atoms with van der Waals surface area (Å²) in [6.45, 7) is 1.93. The molecule has 0 saturated heterocycles. The van der Waals surface area contributed by atoms with Crippen LogP contribution in [0.4, 0.5) is 4.39 Å². The molecule has 1 nitrogen and oxygen atoms in total. The van der Waals surface area contributed by atoms with E-state index in [1.54, 1.807) is 0 Å². The van der Waals surface area contributed by atoms with Crippen molar-refractivity contribution in [1.29, 1.82) is 0 Å². The summed E-state index contributed by atoms with van der Waals surface area (Å²) in [5.41, 5.74) is 0.568. The highest BCUT2D eigenvalue weighted by Gasteiger charge is 2.63. The van der Waals surface area contributed by atoms with Crippen LogP contribution in [0.1, 0.15) is 12.5 Å². The molecular formula is C11H13BrFN. The lowest BCUT2D eigenvalue weighted by Crippen LogP contribution is -2.29. The van der Waals surface area contributed by atoms with Crippen molar-refractivity contribution in [3.63, 3.8) is 0 Å². The normalized spacial score (nSPS) is 35.7. The molecule has 0 spiro atoms. The largest absolute Gasteiger partial charge is 0.308 e. The Morgan fingerprint density at radius 2 is 2.14 bits per heavy atom. The molecule has 1 fully saturated rings. The fraction of sp³-hybridized carbons (Fsp3) is 0.455. The first-order chi connectivity index (χ1) is 6.63. The summed E-state index contributed by atoms with van der Waals surface area (Å²) in [7, 11) is 1.82. The first-order valence-electron chi connectivity index (χ1n) is 4.72. The van der Waals surface area contributed by atoms with Crippen LogP contribution in [0.3, 0.4) is 0 Å². The summed E-state index contributed by atoms with van der Waals surface area (Å²) in [4.78, 5) is 0. The first-order valence-corrected chi connectivity index (χ1v) is 5.51. The minimum Gasteiger partial charge on any atom is -0.308 e. The number of rotatable bonds is 2. The molecule has 1 saturated carbocycles. The molecule has 0 aliphatic heterocycles. The predicted molar refractivity (Wildman–Crippen MR) is 58.9 cm³/mol. The van der Waals surface area contributed by atoms with E-state index in [0.29, 0.717) is 0 Å². The molecule has 0 bridgehead atoms. The molecule has 3 unspecified atom stereocenters. The Labute approximate surface area is 91.8 Å². The van der Waals surface area contributed by atoms with E-state index < -0.39 is 11.7 Å². The lowest BCUT2D eigenvalue weighted by Gasteiger charge is -2.16. The van der Waals surface area contributed by atoms with Crippen molar-refractivity contribution in [3.8, 4) is 0 Å². The van der Waals surface area contributed by atoms with Crippen LogP contribution >= 0.6 is 15.9 Å². The Balaban J connectivity index is 2.39. The van der Waals surface area contributed by atoms with Crippen LogP contribution in [0, 0.1) is 5.92 Å². The number of hydrogen-bond acceptors (Lipinski definition) is 1. The maximum absolute atomic E-state index is 13.6. The van der Waals surface area contributed by atoms with Crippen molar-refractivity contribution in [2.75, 3.05) is 7.05 Å². The molecule has 76 valence electrons. The highest BCUT2D eigenvalue weighted by atomic mass is 79.9. The number of benzene rings is 1. The van der Waals surface area contributed by atoms with E-state index in [9.17, 15) is 4.39 Å². The van der Waals surface area contributed by atoms with E-state index in [0.717, 1.165) is 10.0 Å². The Kier molecular flexibility index (Phi) is 2.40. The Morgan fingerprint density at radius 1 is 1.50 bits per heavy atom. The van der Waals surface area contributed by atoms with Crippen molar-refractivity contribution in [1.82, 2.24) is 5.32 Å². The van der Waals surface area contributed by atoms with Gasteiger partial charge in [-0.2, -0.15) is 0 Å². The monoisotopic (exact) mass is 257 g/mol. The molecule has 1 aromatic carbocycles. The van der Waals surface area contributed by atoms with Crippen LogP contribution < -0.4 is 5.32 Å². The maximum atomic E-state index is 13.6. The van der Waals surface area contributed by atoms with E-state index in [-0.39, 0.29) is 5.92 Å². The number of halogens is 2. The standard InChI is InChI=1S/C11H13BrFN/c1-7-10(13)11(7,14-2)8-4-3-5-9(12)6-8/h3-7,10,14H,1-2H3. The second-order valence-corrected chi connectivity index (χ2v) is 4.74. The second-order valence-electron chi connectivity index (χ2n) is 3.82. The molecule has 0 aromatic heterocycles. The first kappa shape index (κ1) is 10.1. The van der Waals surface area contributed by atoms with Crippen LogP contribution in [0.25, 0.3) is 0 Å². The summed E-state index contributed by atoms with van der Waals surface area (Å²) in [6, 6.07) is 7.84. The van der Waals surface area contributed by atoms with Gasteiger partial charge in [0.15, 0.2) is 0 Å². The molecule has 1 aromatic rings. The summed E-state index contributed by atoms with van der Waals surface area (Å²) in [6.07, 6.45) is -0.776. The summed E-state index contributed by atoms with van der Waals surface area (Å²) >= 11 is 3.40. The third-order valence-corrected chi connectivity index (χ3v) is 3.69. The Morgan fingerprint density at radius 3 is 2.57 bits per heavy atom. The highest BCUT2D eigenvalue weighted by Crippen LogP contribution is 2.54. The molecule has 3 atom stereocenters. The summed E-state index contributed by atoms with van der Waals surface area (Å²) < 4.78 is 14.6. The van der Waals surface area contributed by atoms with E-state index in [1.807, 2.05) is 38.2 Å². The fourth-order valence-corrected chi connectivity index (χ4v) is 2.59. The van der Waals surface area contributed by atoms with Gasteiger partial charge in [0.25, 0.3) is 0 Å². The SMILES string of the molecule is CNC1(c2cccc(Br)c2)C(C)C1F. The molecule has 0 radical (unpaired) electrons. The predicted octanol–water partition coefficient (Wildman–Crippen LogP) is 2.85. The fourth-order valence-electron chi connectivity index (χ4n) is 2.19. The minimum absolute atomic E-state index is 0.0572. The van der Waals surface area contributed by atoms with Gasteiger partial charge in [-0.1, -0.05) is 35.0 Å². The smallest absolute Gasteiger partial charge is 0.127 e. The van der Waals surface area contributed by atoms with Gasteiger partial charge in [-0.25, -0.2) is 4.39 Å². The zero-order valence-corrected chi connectivity index (χ0v) is 9.81. The molecule has 0 amide bonds. The number of nitrogens with one attached hydrogen (secondary N) is 1. The second kappa shape index (κ2) is 3.31. The van der Waals surface area contributed by atoms with E-state index in [2.05, 4.69) is 21.2 Å². The summed E-state index contributed by atoms with van der Waals surface area (Å²) in [5.74, 6) is 0.0572. The van der Waals surface area contributed by atoms with Crippen molar-refractivity contribution in [2.24, 2.45) is 5.92 Å². The van der Waals surface area contributed by atoms with Gasteiger partial charge >= 0.3 is 0 Å². The van der Waals surface area contributed by atoms with Gasteiger partial charge in [-0.15, -0.1) is 0 Å². The average molecular weight is 258 g/mol. The van der Waals surface area contributed by atoms with Crippen molar-refractivity contribution in [3.05, 3.63) is 34.3 Å². The van der Waals surface area contributed by atoms with Gasteiger partial charge in [0.05, 0.1) is 5.54 Å². The molecule has 1 N–H and O–H groups in total. The van der Waals surface area contributed by atoms with Crippen LogP contribution in [-0.4, -0.2) is 13.2 Å². The molecule has 1 aliphatic carbocycles. The molecule has 14 heavy (non-hydrogen) atoms. The van der Waals surface area contributed by atoms with Gasteiger partial charge in [0.1, 0.15) is 6.17 Å². The molecule has 1 aliphatic rings. The lowest BCUT2D eigenvalue weighted by molar-refractivity contribution is 0.392. The lowest BCUT2D eigenvalue weighted by atomic mass is 10.0. The van der Waals surface area contributed by atoms with Crippen LogP contribution in [0.15, 0.2) is 28.7 Å². The average Bonchev–Trinajstić information content (AvgIpc) is 2.71. The Bertz CT molecular complexity index is 345. The van der Waals surface area contributed by atoms with Crippen molar-refractivity contribution < 1.29 is 4.39 Å². The number of hydrogen-bond donors (Lipinski definition) is 1. The molecule has 0 heterocycles. The van der Waals surface area contributed by atoms with Crippen molar-refractivity contribution in [2.45, 2.75) is 18.6 Å². The van der Waals surface area contributed by atoms with Crippen LogP contribution in [0.2, 0.25) is 0 Å². The van der Waals surface area contributed by atoms with Crippen LogP contribution in [-0.2, 0) is 5.54 Å². The van der Waals surface area contributed by atoms with Gasteiger partial charge < -0.3 is 5.32 Å². The number of alkyl halides is 1. The minimum atomic E-state index is -0.776. The highest BCUT2D eigenvalue weighted by molar-refractivity contribution is 9.10. The van der Waals surface area contributed by atoms with E-state index in [4.69, 9.17) is 0 Å². The molecule has 2 rings (SSSR count). The summed E-state index contributed by atoms with van der Waals surface area (Å²) in [5, 5.41) is 3.10. The quantitative estimate of drug-likeness (QED) is 0.860. The van der Waals surface area contributed by atoms with E-state index in [1.165, 1.54) is 0 Å². The van der Waals surface area contributed by atoms with Gasteiger partial charge in [0, 0.05) is 10.4 Å². The topological polar surface area (TPSA) is 12.0 Å². The third kappa shape index (κ3) is 1.22. The van der Waals surface area contributed by atoms with Gasteiger partial charge in [-0.3, -0.25) is 0 Å². The van der Waals surface area contributed by atoms with Crippen molar-refractivity contribution >= 4 is 15.9 Å². The molecule has 3 heteroatoms. The third-order valence-electron chi connectivity index (χ3n) is 3.20. The Hall–Kier alpha value is -0.410. The van der Waals surface area contributed by atoms with Gasteiger partial charge in [0.2, 0.25) is 0 Å². The van der Waals surface area contributed by atoms with E-state index >= 15 is 0 Å².